The van der Waals surface area contributed by atoms with Gasteiger partial charge in [0.25, 0.3) is 10.2 Å². The number of imide groups is 1. The van der Waals surface area contributed by atoms with E-state index < -0.39 is 27.8 Å². The first-order chi connectivity index (χ1) is 29.0. The molecule has 60 heavy (non-hydrogen) atoms. The minimum Gasteiger partial charge on any atom is -0.393 e. The minimum atomic E-state index is -3.60. The smallest absolute Gasteiger partial charge is 0.329 e. The highest BCUT2D eigenvalue weighted by molar-refractivity contribution is 7.86. The fourth-order valence-corrected chi connectivity index (χ4v) is 12.7. The maximum absolute atomic E-state index is 14.0. The van der Waals surface area contributed by atoms with Gasteiger partial charge in [-0.2, -0.15) is 27.1 Å². The molecule has 2 aromatic heterocycles. The summed E-state index contributed by atoms with van der Waals surface area (Å²) in [6.07, 6.45) is 11.6. The molecule has 3 N–H and O–H groups in total. The molecule has 2 saturated carbocycles. The number of carbonyl (C=O) groups excluding carboxylic acids is 3. The number of fused-ring (bicyclic) bond motifs is 3. The van der Waals surface area contributed by atoms with E-state index in [9.17, 15) is 27.9 Å². The van der Waals surface area contributed by atoms with E-state index in [0.29, 0.717) is 75.5 Å². The molecule has 7 heterocycles. The number of anilines is 3. The van der Waals surface area contributed by atoms with E-state index in [2.05, 4.69) is 37.7 Å². The van der Waals surface area contributed by atoms with Crippen LogP contribution in [0, 0.1) is 5.92 Å². The molecule has 17 nitrogen and oxygen atoms in total. The Morgan fingerprint density at radius 2 is 1.72 bits per heavy atom. The Morgan fingerprint density at radius 3 is 2.47 bits per heavy atom. The van der Waals surface area contributed by atoms with Crippen molar-refractivity contribution in [1.29, 1.82) is 0 Å². The first-order valence-corrected chi connectivity index (χ1v) is 23.6. The van der Waals surface area contributed by atoms with Gasteiger partial charge in [0, 0.05) is 82.0 Å². The zero-order chi connectivity index (χ0) is 41.3. The number of nitrogens with one attached hydrogen (secondary N) is 2. The van der Waals surface area contributed by atoms with Crippen LogP contribution in [0.1, 0.15) is 101 Å². The lowest BCUT2D eigenvalue weighted by Crippen LogP contribution is -2.52. The van der Waals surface area contributed by atoms with Gasteiger partial charge in [-0.25, -0.2) is 9.78 Å². The van der Waals surface area contributed by atoms with Crippen molar-refractivity contribution in [3.05, 3.63) is 35.5 Å². The van der Waals surface area contributed by atoms with Crippen molar-refractivity contribution in [2.45, 2.75) is 113 Å². The number of aliphatic hydroxyl groups excluding tert-OH is 1. The number of nitrogens with zero attached hydrogens (tertiary/aromatic N) is 9. The minimum absolute atomic E-state index is 0.0165. The molecule has 1 aromatic carbocycles. The maximum atomic E-state index is 14.0. The topological polar surface area (TPSA) is 189 Å². The van der Waals surface area contributed by atoms with Crippen molar-refractivity contribution in [1.82, 2.24) is 38.6 Å². The molecule has 2 aliphatic carbocycles. The molecule has 1 spiro atoms. The van der Waals surface area contributed by atoms with E-state index in [1.165, 1.54) is 5.56 Å². The number of benzene rings is 1. The molecule has 6 fully saturated rings. The third kappa shape index (κ3) is 7.24. The number of likely N-dealkylation sites (tertiary alicyclic amines) is 1. The number of aryl methyl sites for hydroxylation is 1. The molecule has 4 saturated heterocycles. The summed E-state index contributed by atoms with van der Waals surface area (Å²) in [4.78, 5) is 53.3. The standard InChI is InChI=1S/C42H57N11O6S/c1-48-35-22-29(7-8-33(35)37(47-48)52-21-13-36(55)45-41(52)57)28-9-17-49(18-10-28)25-27-4-3-16-51(26-27)60(58,59)50-19-11-30(12-20-50)44-40-43-24-34-38(46-40)53(39(56)42(34)14-15-42)31-5-2-6-32(54)23-31/h7-8,22,24,27-28,30-32,54H,2-6,9-21,23,25-26H2,1H3,(H,43,44,46)(H,45,55,57)/t27?,31-,32-/m1/s1. The number of hydrogen-bond donors (Lipinski definition) is 3. The fourth-order valence-electron chi connectivity index (χ4n) is 11.0. The molecule has 322 valence electrons. The number of aliphatic hydroxyl groups is 1. The molecule has 0 bridgehead atoms. The van der Waals surface area contributed by atoms with Gasteiger partial charge in [0.15, 0.2) is 5.82 Å². The Labute approximate surface area is 351 Å². The van der Waals surface area contributed by atoms with Crippen molar-refractivity contribution in [2.24, 2.45) is 13.0 Å². The molecular formula is C42H57N11O6S. The van der Waals surface area contributed by atoms with Gasteiger partial charge in [0.1, 0.15) is 5.82 Å². The number of hydrogen-bond acceptors (Lipinski definition) is 11. The number of rotatable bonds is 9. The highest BCUT2D eigenvalue weighted by atomic mass is 32.2. The summed E-state index contributed by atoms with van der Waals surface area (Å²) in [6, 6.07) is 5.91. The van der Waals surface area contributed by atoms with Crippen LogP contribution in [-0.4, -0.2) is 135 Å². The van der Waals surface area contributed by atoms with Crippen LogP contribution >= 0.6 is 0 Å². The van der Waals surface area contributed by atoms with Gasteiger partial charge in [0.2, 0.25) is 17.8 Å². The number of aromatic nitrogens is 4. The Bertz CT molecular complexity index is 2280. The molecule has 3 atom stereocenters. The largest absolute Gasteiger partial charge is 0.393 e. The highest BCUT2D eigenvalue weighted by Crippen LogP contribution is 2.57. The van der Waals surface area contributed by atoms with Crippen LogP contribution < -0.4 is 20.4 Å². The van der Waals surface area contributed by atoms with Crippen LogP contribution in [0.2, 0.25) is 0 Å². The number of carbonyl (C=O) groups is 3. The number of urea groups is 1. The first kappa shape index (κ1) is 39.9. The first-order valence-electron chi connectivity index (χ1n) is 22.2. The summed E-state index contributed by atoms with van der Waals surface area (Å²) in [5.74, 6) is 2.25. The molecule has 7 aliphatic rings. The van der Waals surface area contributed by atoms with Gasteiger partial charge in [-0.1, -0.05) is 6.07 Å². The molecule has 0 radical (unpaired) electrons. The quantitative estimate of drug-likeness (QED) is 0.287. The van der Waals surface area contributed by atoms with E-state index >= 15 is 0 Å². The van der Waals surface area contributed by atoms with E-state index in [4.69, 9.17) is 4.98 Å². The molecule has 18 heteroatoms. The Hall–Kier alpha value is -4.23. The normalized spacial score (nSPS) is 27.5. The van der Waals surface area contributed by atoms with Crippen LogP contribution in [0.15, 0.2) is 24.4 Å². The van der Waals surface area contributed by atoms with Gasteiger partial charge >= 0.3 is 6.03 Å². The zero-order valence-corrected chi connectivity index (χ0v) is 35.3. The fraction of sp³-hybridized carbons (Fsp3) is 0.667. The van der Waals surface area contributed by atoms with E-state index in [1.807, 2.05) is 28.9 Å². The predicted octanol–water partition coefficient (Wildman–Crippen LogP) is 3.20. The predicted molar refractivity (Wildman–Crippen MR) is 225 cm³/mol. The van der Waals surface area contributed by atoms with Crippen molar-refractivity contribution < 1.29 is 27.9 Å². The molecule has 10 rings (SSSR count). The van der Waals surface area contributed by atoms with E-state index in [1.54, 1.807) is 13.5 Å². The SMILES string of the molecule is Cn1nc(N2CCC(=O)NC2=O)c2ccc(C3CCN(CC4CCCN(S(=O)(=O)N5CCC(Nc6ncc7c(n6)N([C@@H]6CCC[C@@H](O)C6)C(=O)C76CC6)CC5)C4)CC3)cc21. The molecule has 3 aromatic rings. The van der Waals surface area contributed by atoms with E-state index in [0.717, 1.165) is 93.9 Å². The Balaban J connectivity index is 0.714. The number of amides is 4. The molecule has 5 aliphatic heterocycles. The van der Waals surface area contributed by atoms with Crippen molar-refractivity contribution >= 4 is 56.5 Å². The van der Waals surface area contributed by atoms with Crippen LogP contribution in [0.3, 0.4) is 0 Å². The molecule has 4 amide bonds. The van der Waals surface area contributed by atoms with Crippen molar-refractivity contribution in [2.75, 3.05) is 67.5 Å². The molecule has 1 unspecified atom stereocenters. The second-order valence-electron chi connectivity index (χ2n) is 18.4. The van der Waals surface area contributed by atoms with Crippen LogP contribution in [0.5, 0.6) is 0 Å². The van der Waals surface area contributed by atoms with Gasteiger partial charge in [-0.05, 0) is 120 Å². The van der Waals surface area contributed by atoms with Gasteiger partial charge in [0.05, 0.1) is 17.0 Å². The van der Waals surface area contributed by atoms with Crippen molar-refractivity contribution in [3.8, 4) is 0 Å². The Morgan fingerprint density at radius 1 is 0.917 bits per heavy atom. The number of piperidine rings is 3. The summed E-state index contributed by atoms with van der Waals surface area (Å²) in [6.45, 7) is 5.06. The third-order valence-electron chi connectivity index (χ3n) is 14.5. The van der Waals surface area contributed by atoms with Gasteiger partial charge in [-0.3, -0.25) is 29.4 Å². The van der Waals surface area contributed by atoms with Crippen LogP contribution in [0.25, 0.3) is 10.9 Å². The average molecular weight is 844 g/mol. The second kappa shape index (κ2) is 15.6. The third-order valence-corrected chi connectivity index (χ3v) is 16.5. The Kier molecular flexibility index (Phi) is 10.4. The van der Waals surface area contributed by atoms with E-state index in [-0.39, 0.29) is 36.2 Å². The zero-order valence-electron chi connectivity index (χ0n) is 34.5. The van der Waals surface area contributed by atoms with Crippen LogP contribution in [-0.2, 0) is 32.3 Å². The summed E-state index contributed by atoms with van der Waals surface area (Å²) >= 11 is 0. The lowest BCUT2D eigenvalue weighted by atomic mass is 9.88. The highest BCUT2D eigenvalue weighted by Gasteiger charge is 2.61. The van der Waals surface area contributed by atoms with Crippen LogP contribution in [0.4, 0.5) is 22.4 Å². The molecular weight excluding hydrogens is 787 g/mol. The van der Waals surface area contributed by atoms with Gasteiger partial charge in [-0.15, -0.1) is 0 Å². The average Bonchev–Trinajstić information content (AvgIpc) is 3.94. The van der Waals surface area contributed by atoms with Crippen molar-refractivity contribution in [3.63, 3.8) is 0 Å². The lowest BCUT2D eigenvalue weighted by Gasteiger charge is -2.40. The summed E-state index contributed by atoms with van der Waals surface area (Å²) in [5, 5.41) is 21.8. The summed E-state index contributed by atoms with van der Waals surface area (Å²) in [7, 11) is -1.71. The second-order valence-corrected chi connectivity index (χ2v) is 20.3. The lowest BCUT2D eigenvalue weighted by molar-refractivity contribution is -0.121. The van der Waals surface area contributed by atoms with Gasteiger partial charge < -0.3 is 15.3 Å². The maximum Gasteiger partial charge on any atom is 0.329 e. The monoisotopic (exact) mass is 843 g/mol. The summed E-state index contributed by atoms with van der Waals surface area (Å²) in [5.41, 5.74) is 2.63. The summed E-state index contributed by atoms with van der Waals surface area (Å²) < 4.78 is 33.2.